The molecule has 0 aliphatic carbocycles. The molecule has 0 fully saturated rings. The third-order valence-corrected chi connectivity index (χ3v) is 4.09. The van der Waals surface area contributed by atoms with Crippen LogP contribution in [0.3, 0.4) is 0 Å². The second-order valence-electron chi connectivity index (χ2n) is 5.50. The Hall–Kier alpha value is -2.66. The van der Waals surface area contributed by atoms with Crippen LogP contribution in [0.15, 0.2) is 61.2 Å². The zero-order valence-corrected chi connectivity index (χ0v) is 13.9. The number of nitrogens with zero attached hydrogens (tertiary/aromatic N) is 3. The molecular formula is C18H17ClN4O. The van der Waals surface area contributed by atoms with Crippen LogP contribution in [0.25, 0.3) is 0 Å². The minimum Gasteiger partial charge on any atom is -0.345 e. The van der Waals surface area contributed by atoms with Crippen LogP contribution in [-0.2, 0) is 6.54 Å². The standard InChI is InChI=1S/C18H17ClN4O/c1-13(14-6-4-8-20-9-14)22-18(24)16-10-21-23(12-16)11-15-5-2-3-7-17(15)19/h2-10,12-13H,11H2,1H3,(H,22,24). The fourth-order valence-corrected chi connectivity index (χ4v) is 2.56. The highest BCUT2D eigenvalue weighted by Gasteiger charge is 2.13. The van der Waals surface area contributed by atoms with E-state index in [4.69, 9.17) is 11.6 Å². The molecule has 1 N–H and O–H groups in total. The van der Waals surface area contributed by atoms with Crippen molar-refractivity contribution < 1.29 is 4.79 Å². The van der Waals surface area contributed by atoms with E-state index < -0.39 is 0 Å². The molecule has 0 saturated heterocycles. The SMILES string of the molecule is CC(NC(=O)c1cnn(Cc2ccccc2Cl)c1)c1cccnc1. The number of hydrogen-bond acceptors (Lipinski definition) is 3. The first-order valence-corrected chi connectivity index (χ1v) is 7.98. The smallest absolute Gasteiger partial charge is 0.254 e. The highest BCUT2D eigenvalue weighted by Crippen LogP contribution is 2.16. The van der Waals surface area contributed by atoms with Gasteiger partial charge in [0.2, 0.25) is 0 Å². The van der Waals surface area contributed by atoms with Crippen LogP contribution in [0, 0.1) is 0 Å². The fourth-order valence-electron chi connectivity index (χ4n) is 2.36. The average molecular weight is 341 g/mol. The summed E-state index contributed by atoms with van der Waals surface area (Å²) in [6.45, 7) is 2.44. The molecule has 1 aromatic carbocycles. The second-order valence-corrected chi connectivity index (χ2v) is 5.91. The molecule has 1 amide bonds. The van der Waals surface area contributed by atoms with Crippen molar-refractivity contribution in [3.8, 4) is 0 Å². The summed E-state index contributed by atoms with van der Waals surface area (Å²) in [5, 5.41) is 7.87. The van der Waals surface area contributed by atoms with E-state index in [1.165, 1.54) is 0 Å². The lowest BCUT2D eigenvalue weighted by molar-refractivity contribution is 0.0939. The maximum absolute atomic E-state index is 12.4. The molecule has 0 aliphatic heterocycles. The number of aromatic nitrogens is 3. The third kappa shape index (κ3) is 3.81. The summed E-state index contributed by atoms with van der Waals surface area (Å²) in [7, 11) is 0. The topological polar surface area (TPSA) is 59.8 Å². The van der Waals surface area contributed by atoms with E-state index >= 15 is 0 Å². The first-order valence-electron chi connectivity index (χ1n) is 7.60. The Labute approximate surface area is 145 Å². The third-order valence-electron chi connectivity index (χ3n) is 3.72. The minimum absolute atomic E-state index is 0.127. The summed E-state index contributed by atoms with van der Waals surface area (Å²) in [6.07, 6.45) is 6.72. The molecule has 2 aromatic heterocycles. The molecule has 0 bridgehead atoms. The molecule has 6 heteroatoms. The zero-order chi connectivity index (χ0) is 16.9. The van der Waals surface area contributed by atoms with Gasteiger partial charge in [-0.2, -0.15) is 5.10 Å². The summed E-state index contributed by atoms with van der Waals surface area (Å²) < 4.78 is 1.70. The molecular weight excluding hydrogens is 324 g/mol. The molecule has 1 unspecified atom stereocenters. The van der Waals surface area contributed by atoms with Crippen molar-refractivity contribution in [3.63, 3.8) is 0 Å². The molecule has 122 valence electrons. The number of amides is 1. The molecule has 3 rings (SSSR count). The maximum atomic E-state index is 12.4. The summed E-state index contributed by atoms with van der Waals surface area (Å²) in [4.78, 5) is 16.4. The van der Waals surface area contributed by atoms with Gasteiger partial charge in [-0.3, -0.25) is 14.5 Å². The van der Waals surface area contributed by atoms with Crippen molar-refractivity contribution in [2.45, 2.75) is 19.5 Å². The van der Waals surface area contributed by atoms with Crippen LogP contribution >= 0.6 is 11.6 Å². The van der Waals surface area contributed by atoms with Crippen molar-refractivity contribution in [1.29, 1.82) is 0 Å². The van der Waals surface area contributed by atoms with E-state index in [0.717, 1.165) is 11.1 Å². The van der Waals surface area contributed by atoms with Gasteiger partial charge >= 0.3 is 0 Å². The van der Waals surface area contributed by atoms with Gasteiger partial charge in [-0.1, -0.05) is 35.9 Å². The Balaban J connectivity index is 1.67. The van der Waals surface area contributed by atoms with E-state index in [0.29, 0.717) is 17.1 Å². The van der Waals surface area contributed by atoms with Crippen LogP contribution in [-0.4, -0.2) is 20.7 Å². The highest BCUT2D eigenvalue weighted by molar-refractivity contribution is 6.31. The number of rotatable bonds is 5. The number of hydrogen-bond donors (Lipinski definition) is 1. The number of carbonyl (C=O) groups is 1. The summed E-state index contributed by atoms with van der Waals surface area (Å²) in [5.41, 5.74) is 2.42. The average Bonchev–Trinajstić information content (AvgIpc) is 3.06. The number of halogens is 1. The van der Waals surface area contributed by atoms with Gasteiger partial charge in [0.1, 0.15) is 0 Å². The van der Waals surface area contributed by atoms with Gasteiger partial charge < -0.3 is 5.32 Å². The molecule has 0 spiro atoms. The van der Waals surface area contributed by atoms with Gasteiger partial charge in [-0.25, -0.2) is 0 Å². The van der Waals surface area contributed by atoms with E-state index in [2.05, 4.69) is 15.4 Å². The van der Waals surface area contributed by atoms with Crippen molar-refractivity contribution in [2.24, 2.45) is 0 Å². The van der Waals surface area contributed by atoms with Gasteiger partial charge in [-0.15, -0.1) is 0 Å². The quantitative estimate of drug-likeness (QED) is 0.773. The van der Waals surface area contributed by atoms with Crippen LogP contribution in [0.1, 0.15) is 34.5 Å². The summed E-state index contributed by atoms with van der Waals surface area (Å²) >= 11 is 6.15. The van der Waals surface area contributed by atoms with Gasteiger partial charge in [0.25, 0.3) is 5.91 Å². The van der Waals surface area contributed by atoms with Crippen molar-refractivity contribution in [3.05, 3.63) is 82.9 Å². The lowest BCUT2D eigenvalue weighted by Crippen LogP contribution is -2.26. The Morgan fingerprint density at radius 3 is 2.83 bits per heavy atom. The Kier molecular flexibility index (Phi) is 4.91. The van der Waals surface area contributed by atoms with Crippen LogP contribution < -0.4 is 5.32 Å². The Morgan fingerprint density at radius 1 is 1.25 bits per heavy atom. The first-order chi connectivity index (χ1) is 11.6. The summed E-state index contributed by atoms with van der Waals surface area (Å²) in [6, 6.07) is 11.2. The predicted molar refractivity (Wildman–Crippen MR) is 92.9 cm³/mol. The van der Waals surface area contributed by atoms with Gasteiger partial charge in [0, 0.05) is 23.6 Å². The largest absolute Gasteiger partial charge is 0.345 e. The fraction of sp³-hybridized carbons (Fsp3) is 0.167. The first kappa shape index (κ1) is 16.2. The lowest BCUT2D eigenvalue weighted by Gasteiger charge is -2.12. The number of carbonyl (C=O) groups excluding carboxylic acids is 1. The molecule has 0 radical (unpaired) electrons. The molecule has 0 saturated carbocycles. The maximum Gasteiger partial charge on any atom is 0.254 e. The Morgan fingerprint density at radius 2 is 2.08 bits per heavy atom. The minimum atomic E-state index is -0.170. The van der Waals surface area contributed by atoms with E-state index in [1.54, 1.807) is 29.5 Å². The van der Waals surface area contributed by atoms with E-state index in [1.807, 2.05) is 43.3 Å². The summed E-state index contributed by atoms with van der Waals surface area (Å²) in [5.74, 6) is -0.170. The van der Waals surface area contributed by atoms with Crippen molar-refractivity contribution in [1.82, 2.24) is 20.1 Å². The molecule has 2 heterocycles. The molecule has 24 heavy (non-hydrogen) atoms. The number of pyridine rings is 1. The zero-order valence-electron chi connectivity index (χ0n) is 13.2. The van der Waals surface area contributed by atoms with E-state index in [-0.39, 0.29) is 11.9 Å². The Bertz CT molecular complexity index is 832. The monoisotopic (exact) mass is 340 g/mol. The highest BCUT2D eigenvalue weighted by atomic mass is 35.5. The lowest BCUT2D eigenvalue weighted by atomic mass is 10.1. The van der Waals surface area contributed by atoms with Crippen LogP contribution in [0.4, 0.5) is 0 Å². The molecule has 0 aliphatic rings. The van der Waals surface area contributed by atoms with Gasteiger partial charge in [0.05, 0.1) is 24.3 Å². The normalized spacial score (nSPS) is 11.9. The predicted octanol–water partition coefficient (Wildman–Crippen LogP) is 3.47. The van der Waals surface area contributed by atoms with Crippen molar-refractivity contribution >= 4 is 17.5 Å². The van der Waals surface area contributed by atoms with Gasteiger partial charge in [-0.05, 0) is 30.2 Å². The van der Waals surface area contributed by atoms with Gasteiger partial charge in [0.15, 0.2) is 0 Å². The van der Waals surface area contributed by atoms with Crippen LogP contribution in [0.2, 0.25) is 5.02 Å². The number of nitrogens with one attached hydrogen (secondary N) is 1. The molecule has 1 atom stereocenters. The molecule has 3 aromatic rings. The van der Waals surface area contributed by atoms with Crippen LogP contribution in [0.5, 0.6) is 0 Å². The van der Waals surface area contributed by atoms with Crippen molar-refractivity contribution in [2.75, 3.05) is 0 Å². The second kappa shape index (κ2) is 7.27. The number of benzene rings is 1. The molecule has 5 nitrogen and oxygen atoms in total. The van der Waals surface area contributed by atoms with E-state index in [9.17, 15) is 4.79 Å².